The molecule has 8 amide bonds. The monoisotopic (exact) mass is 1030 g/mol. The number of carbonyl (C=O) groups is 9. The number of ether oxygens (including phenoxy) is 1. The molecular formula is C46H67N11O14S. The number of nitrogens with two attached hydrogens (primary N) is 2. The van der Waals surface area contributed by atoms with Crippen LogP contribution in [0.1, 0.15) is 77.7 Å². The van der Waals surface area contributed by atoms with Crippen LogP contribution < -0.4 is 53.4 Å². The number of aliphatic hydroxyl groups excluding tert-OH is 3. The number of carbonyl (C=O) groups excluding carboxylic acids is 9. The molecule has 1 aromatic carbocycles. The van der Waals surface area contributed by atoms with Crippen molar-refractivity contribution in [3.63, 3.8) is 0 Å². The summed E-state index contributed by atoms with van der Waals surface area (Å²) in [5, 5.41) is 50.5. The molecule has 7 rings (SSSR count). The van der Waals surface area contributed by atoms with Gasteiger partial charge in [0.25, 0.3) is 0 Å². The predicted molar refractivity (Wildman–Crippen MR) is 256 cm³/mol. The van der Waals surface area contributed by atoms with Gasteiger partial charge in [-0.3, -0.25) is 43.2 Å². The molecule has 8 bridgehead atoms. The number of Topliss-reactive ketones (excluding diaryl/α,β-unsaturated/α-hetero) is 1. The molecular weight excluding hydrogens is 963 g/mol. The number of hydrogen-bond acceptors (Lipinski definition) is 16. The number of primary amides is 1. The van der Waals surface area contributed by atoms with Gasteiger partial charge in [-0.15, -0.1) is 0 Å². The minimum atomic E-state index is -2.35. The van der Waals surface area contributed by atoms with Crippen LogP contribution in [0.2, 0.25) is 0 Å². The summed E-state index contributed by atoms with van der Waals surface area (Å²) in [6.07, 6.45) is -2.67. The maximum Gasteiger partial charge on any atom is 0.248 e. The Morgan fingerprint density at radius 1 is 0.889 bits per heavy atom. The fourth-order valence-corrected chi connectivity index (χ4v) is 11.0. The number of benzene rings is 1. The summed E-state index contributed by atoms with van der Waals surface area (Å²) in [5.41, 5.74) is 9.55. The molecule has 0 radical (unpaired) electrons. The number of rotatable bonds is 13. The van der Waals surface area contributed by atoms with Gasteiger partial charge >= 0.3 is 0 Å². The zero-order valence-corrected chi connectivity index (χ0v) is 41.3. The van der Waals surface area contributed by atoms with Gasteiger partial charge in [0, 0.05) is 53.5 Å². The van der Waals surface area contributed by atoms with E-state index < -0.39 is 175 Å². The van der Waals surface area contributed by atoms with Crippen molar-refractivity contribution < 1.29 is 67.8 Å². The van der Waals surface area contributed by atoms with Gasteiger partial charge in [-0.2, -0.15) is 0 Å². The standard InChI is InChI=1S/C46H67N11O14S/c1-4-22(2)37-43(68)50-17-35(62)51-31-21-72(70)45-27-15-30(40(65)49-18-36(63)55-37)53-44(69)38(23(3)33(60)20-58)56-42(67)32-13-24(59)19-57(32)46(11-7-5-6-8-12-47,39(64)29(16-34(48)61)52-41(31)66)71-25-9-10-26(27)28(14-25)54-45/h9-10,14,22-24,29-33,37-38,54,58-60H,4-8,11-13,15-21,47H2,1-3H3,(H2,48,61)(H,49,65)(H,50,68)(H,51,62)(H,52,66)(H,53,69)(H,55,63)(H,56,67)/t22-,23-,24?,29-,30?,31?,32-,33-,37-,38-,46?,72+/m0/s1. The number of aromatic amines is 1. The highest BCUT2D eigenvalue weighted by atomic mass is 32.2. The van der Waals surface area contributed by atoms with Crippen LogP contribution in [0.25, 0.3) is 10.9 Å². The van der Waals surface area contributed by atoms with Crippen molar-refractivity contribution in [2.45, 2.75) is 138 Å². The van der Waals surface area contributed by atoms with Gasteiger partial charge in [0.15, 0.2) is 6.04 Å². The average Bonchev–Trinajstić information content (AvgIpc) is 3.92. The molecule has 26 heteroatoms. The predicted octanol–water partition coefficient (Wildman–Crippen LogP) is -4.59. The van der Waals surface area contributed by atoms with Crippen LogP contribution >= 0.6 is 0 Å². The van der Waals surface area contributed by atoms with Crippen molar-refractivity contribution in [2.24, 2.45) is 23.3 Å². The van der Waals surface area contributed by atoms with Crippen LogP contribution in [0.5, 0.6) is 5.75 Å². The molecule has 0 aliphatic carbocycles. The first-order chi connectivity index (χ1) is 34.2. The normalized spacial score (nSPS) is 29.5. The van der Waals surface area contributed by atoms with Crippen molar-refractivity contribution in [1.82, 2.24) is 47.1 Å². The third-order valence-electron chi connectivity index (χ3n) is 13.9. The lowest BCUT2D eigenvalue weighted by Gasteiger charge is -2.45. The van der Waals surface area contributed by atoms with Gasteiger partial charge in [0.2, 0.25) is 63.8 Å². The van der Waals surface area contributed by atoms with Gasteiger partial charge in [0.05, 0.1) is 49.9 Å². The summed E-state index contributed by atoms with van der Waals surface area (Å²) in [4.78, 5) is 133. The number of aliphatic hydroxyl groups is 3. The van der Waals surface area contributed by atoms with E-state index in [0.717, 1.165) is 0 Å². The van der Waals surface area contributed by atoms with Crippen LogP contribution in [0, 0.1) is 11.8 Å². The minimum absolute atomic E-state index is 0.0172. The van der Waals surface area contributed by atoms with Crippen LogP contribution in [-0.2, 0) is 60.7 Å². The van der Waals surface area contributed by atoms with Crippen molar-refractivity contribution in [1.29, 1.82) is 0 Å². The number of unbranched alkanes of at least 4 members (excludes halogenated alkanes) is 3. The van der Waals surface area contributed by atoms with Crippen molar-refractivity contribution in [2.75, 3.05) is 38.5 Å². The molecule has 2 aromatic rings. The molecule has 6 heterocycles. The van der Waals surface area contributed by atoms with E-state index in [1.54, 1.807) is 13.8 Å². The molecule has 396 valence electrons. The van der Waals surface area contributed by atoms with Gasteiger partial charge in [-0.05, 0) is 43.9 Å². The maximum absolute atomic E-state index is 15.8. The fraction of sp³-hybridized carbons (Fsp3) is 0.630. The average molecular weight is 1030 g/mol. The van der Waals surface area contributed by atoms with E-state index in [2.05, 4.69) is 42.2 Å². The third kappa shape index (κ3) is 12.6. The van der Waals surface area contributed by atoms with E-state index >= 15 is 4.79 Å². The molecule has 1 saturated heterocycles. The summed E-state index contributed by atoms with van der Waals surface area (Å²) in [6, 6.07) is -5.39. The molecule has 15 N–H and O–H groups in total. The Kier molecular flexibility index (Phi) is 18.6. The van der Waals surface area contributed by atoms with E-state index in [9.17, 15) is 58.2 Å². The zero-order chi connectivity index (χ0) is 52.6. The second-order valence-electron chi connectivity index (χ2n) is 19.0. The Bertz CT molecular complexity index is 2390. The Labute approximate surface area is 417 Å². The van der Waals surface area contributed by atoms with E-state index in [1.807, 2.05) is 0 Å². The minimum Gasteiger partial charge on any atom is -0.610 e. The second kappa shape index (κ2) is 24.2. The Morgan fingerprint density at radius 2 is 1.58 bits per heavy atom. The molecule has 4 unspecified atom stereocenters. The van der Waals surface area contributed by atoms with E-state index in [0.29, 0.717) is 37.6 Å². The number of H-pyrrole nitrogens is 1. The number of hydrogen-bond donors (Lipinski definition) is 13. The summed E-state index contributed by atoms with van der Waals surface area (Å²) < 4.78 is 21.7. The zero-order valence-electron chi connectivity index (χ0n) is 40.5. The molecule has 5 aliphatic heterocycles. The number of ketones is 1. The van der Waals surface area contributed by atoms with Gasteiger partial charge in [-0.25, -0.2) is 4.90 Å². The van der Waals surface area contributed by atoms with E-state index in [4.69, 9.17) is 16.2 Å². The molecule has 72 heavy (non-hydrogen) atoms. The summed E-state index contributed by atoms with van der Waals surface area (Å²) in [6.45, 7) is 2.35. The highest BCUT2D eigenvalue weighted by molar-refractivity contribution is 7.91. The first kappa shape index (κ1) is 55.4. The molecule has 1 fully saturated rings. The van der Waals surface area contributed by atoms with Crippen LogP contribution in [0.15, 0.2) is 23.2 Å². The lowest BCUT2D eigenvalue weighted by atomic mass is 9.89. The molecule has 5 aliphatic rings. The maximum atomic E-state index is 15.8. The number of amides is 8. The topological polar surface area (TPSA) is 402 Å². The van der Waals surface area contributed by atoms with Crippen LogP contribution in [0.4, 0.5) is 0 Å². The quantitative estimate of drug-likeness (QED) is 0.0663. The van der Waals surface area contributed by atoms with Crippen LogP contribution in [0.3, 0.4) is 0 Å². The van der Waals surface area contributed by atoms with Crippen molar-refractivity contribution >= 4 is 75.1 Å². The summed E-state index contributed by atoms with van der Waals surface area (Å²) in [7, 11) is 0. The summed E-state index contributed by atoms with van der Waals surface area (Å²) >= 11 is -2.35. The van der Waals surface area contributed by atoms with Crippen molar-refractivity contribution in [3.8, 4) is 5.75 Å². The Hall–Kier alpha value is -5.90. The lowest BCUT2D eigenvalue weighted by Crippen LogP contribution is -2.68. The number of nitrogens with zero attached hydrogens (tertiary/aromatic N) is 1. The first-order valence-corrected chi connectivity index (χ1v) is 25.6. The number of aromatic nitrogens is 1. The SMILES string of the molecule is CC[C@H](C)[C@@H]1NC(=O)CNC(=O)C2Cc3c4[nH]c5cc(ccc35)OC(CCCCCCN)(C(=O)[C@H](CC(N)=O)NC(=O)C(C[S@@+]4[O-])NC(=O)CNC1=O)N1CC(O)C[C@H]1C(=O)N[C@@H]([C@@H](C)[C@@H](O)CO)C(=O)N2. The third-order valence-corrected chi connectivity index (χ3v) is 15.3. The molecule has 12 atom stereocenters. The van der Waals surface area contributed by atoms with E-state index in [1.165, 1.54) is 30.0 Å². The number of fused-ring (bicyclic) bond motifs is 7. The summed E-state index contributed by atoms with van der Waals surface area (Å²) in [5.74, 6) is -11.4. The lowest BCUT2D eigenvalue weighted by molar-refractivity contribution is -0.166. The Morgan fingerprint density at radius 3 is 2.26 bits per heavy atom. The molecule has 1 aromatic heterocycles. The highest BCUT2D eigenvalue weighted by Gasteiger charge is 2.57. The fourth-order valence-electron chi connectivity index (χ4n) is 9.62. The highest BCUT2D eigenvalue weighted by Crippen LogP contribution is 2.39. The smallest absolute Gasteiger partial charge is 0.248 e. The van der Waals surface area contributed by atoms with Gasteiger partial charge in [0.1, 0.15) is 35.7 Å². The van der Waals surface area contributed by atoms with Gasteiger partial charge < -0.3 is 78.3 Å². The largest absolute Gasteiger partial charge is 0.610 e. The Balaban J connectivity index is 1.66. The molecule has 25 nitrogen and oxygen atoms in total. The van der Waals surface area contributed by atoms with E-state index in [-0.39, 0.29) is 41.1 Å². The van der Waals surface area contributed by atoms with Crippen molar-refractivity contribution in [3.05, 3.63) is 23.8 Å². The number of nitrogens with one attached hydrogen (secondary N) is 8. The second-order valence-corrected chi connectivity index (χ2v) is 20.4. The first-order valence-electron chi connectivity index (χ1n) is 24.2. The molecule has 0 spiro atoms. The van der Waals surface area contributed by atoms with Crippen LogP contribution in [-0.4, -0.2) is 176 Å². The molecule has 0 saturated carbocycles. The van der Waals surface area contributed by atoms with Gasteiger partial charge in [-0.1, -0.05) is 40.0 Å².